The number of rotatable bonds is 7. The van der Waals surface area contributed by atoms with Crippen LogP contribution in [0.3, 0.4) is 0 Å². The number of aryl methyl sites for hydroxylation is 2. The van der Waals surface area contributed by atoms with Crippen LogP contribution in [0.15, 0.2) is 18.6 Å². The van der Waals surface area contributed by atoms with Crippen LogP contribution in [0.25, 0.3) is 11.5 Å². The Hall–Kier alpha value is -1.91. The van der Waals surface area contributed by atoms with Gasteiger partial charge >= 0.3 is 0 Å². The molecular formula is C15H23N5. The highest BCUT2D eigenvalue weighted by atomic mass is 15.1. The maximum absolute atomic E-state index is 4.63. The molecule has 5 nitrogen and oxygen atoms in total. The lowest BCUT2D eigenvalue weighted by atomic mass is 10.3. The number of nitrogens with one attached hydrogen (secondary N) is 1. The Kier molecular flexibility index (Phi) is 5.09. The molecule has 0 radical (unpaired) electrons. The highest BCUT2D eigenvalue weighted by Gasteiger charge is 2.10. The molecular weight excluding hydrogens is 250 g/mol. The standard InChI is InChI=1S/C15H23N5/c1-4-7-17-14-9-12(6-3)18-15(19-14)13-10-16-11-20(13)8-5-2/h9-11H,4-8H2,1-3H3,(H,17,18,19). The summed E-state index contributed by atoms with van der Waals surface area (Å²) in [7, 11) is 0. The maximum atomic E-state index is 4.63. The van der Waals surface area contributed by atoms with E-state index in [2.05, 4.69) is 45.6 Å². The third-order valence-electron chi connectivity index (χ3n) is 3.10. The SMILES string of the molecule is CCCNc1cc(CC)nc(-c2cncn2CCC)n1. The second-order valence-electron chi connectivity index (χ2n) is 4.82. The van der Waals surface area contributed by atoms with Crippen molar-refractivity contribution in [3.05, 3.63) is 24.3 Å². The summed E-state index contributed by atoms with van der Waals surface area (Å²) in [5, 5.41) is 3.34. The Morgan fingerprint density at radius 3 is 2.70 bits per heavy atom. The van der Waals surface area contributed by atoms with Crippen LogP contribution in [0.2, 0.25) is 0 Å². The molecule has 0 aliphatic rings. The van der Waals surface area contributed by atoms with Gasteiger partial charge in [-0.1, -0.05) is 20.8 Å². The Labute approximate surface area is 120 Å². The second-order valence-corrected chi connectivity index (χ2v) is 4.82. The molecule has 2 heterocycles. The van der Waals surface area contributed by atoms with Gasteiger partial charge in [-0.3, -0.25) is 0 Å². The van der Waals surface area contributed by atoms with Crippen LogP contribution in [-0.4, -0.2) is 26.1 Å². The number of hydrogen-bond donors (Lipinski definition) is 1. The summed E-state index contributed by atoms with van der Waals surface area (Å²) in [6.45, 7) is 8.27. The second kappa shape index (κ2) is 7.03. The first-order valence-corrected chi connectivity index (χ1v) is 7.40. The van der Waals surface area contributed by atoms with Gasteiger partial charge in [-0.25, -0.2) is 15.0 Å². The molecule has 0 spiro atoms. The van der Waals surface area contributed by atoms with Crippen LogP contribution < -0.4 is 5.32 Å². The summed E-state index contributed by atoms with van der Waals surface area (Å²) in [6.07, 6.45) is 6.73. The Bertz CT molecular complexity index is 547. The molecule has 0 fully saturated rings. The summed E-state index contributed by atoms with van der Waals surface area (Å²) in [5.74, 6) is 1.66. The highest BCUT2D eigenvalue weighted by molar-refractivity contribution is 5.53. The molecule has 0 aliphatic carbocycles. The molecule has 0 bridgehead atoms. The molecule has 2 aromatic heterocycles. The number of imidazole rings is 1. The summed E-state index contributed by atoms with van der Waals surface area (Å²) < 4.78 is 2.11. The van der Waals surface area contributed by atoms with Crippen molar-refractivity contribution in [3.8, 4) is 11.5 Å². The fraction of sp³-hybridized carbons (Fsp3) is 0.533. The van der Waals surface area contributed by atoms with E-state index in [1.54, 1.807) is 0 Å². The van der Waals surface area contributed by atoms with Gasteiger partial charge in [0.15, 0.2) is 5.82 Å². The molecule has 0 saturated heterocycles. The molecule has 1 N–H and O–H groups in total. The zero-order valence-corrected chi connectivity index (χ0v) is 12.6. The van der Waals surface area contributed by atoms with E-state index in [1.807, 2.05) is 18.6 Å². The van der Waals surface area contributed by atoms with E-state index in [9.17, 15) is 0 Å². The van der Waals surface area contributed by atoms with Crippen LogP contribution in [0, 0.1) is 0 Å². The van der Waals surface area contributed by atoms with Gasteiger partial charge < -0.3 is 9.88 Å². The molecule has 0 atom stereocenters. The molecule has 2 rings (SSSR count). The summed E-state index contributed by atoms with van der Waals surface area (Å²) in [4.78, 5) is 13.5. The predicted molar refractivity (Wildman–Crippen MR) is 81.7 cm³/mol. The van der Waals surface area contributed by atoms with Crippen LogP contribution in [0.5, 0.6) is 0 Å². The van der Waals surface area contributed by atoms with Crippen LogP contribution in [0.1, 0.15) is 39.3 Å². The van der Waals surface area contributed by atoms with Crippen molar-refractivity contribution < 1.29 is 0 Å². The number of hydrogen-bond acceptors (Lipinski definition) is 4. The van der Waals surface area contributed by atoms with E-state index in [0.29, 0.717) is 0 Å². The Morgan fingerprint density at radius 1 is 1.15 bits per heavy atom. The molecule has 0 aromatic carbocycles. The van der Waals surface area contributed by atoms with Crippen molar-refractivity contribution in [2.45, 2.75) is 46.6 Å². The lowest BCUT2D eigenvalue weighted by molar-refractivity contribution is 0.681. The fourth-order valence-electron chi connectivity index (χ4n) is 2.06. The zero-order chi connectivity index (χ0) is 14.4. The lowest BCUT2D eigenvalue weighted by Crippen LogP contribution is -2.07. The van der Waals surface area contributed by atoms with Crippen molar-refractivity contribution in [2.24, 2.45) is 0 Å². The first-order valence-electron chi connectivity index (χ1n) is 7.40. The first kappa shape index (κ1) is 14.5. The Balaban J connectivity index is 2.36. The smallest absolute Gasteiger partial charge is 0.180 e. The van der Waals surface area contributed by atoms with E-state index >= 15 is 0 Å². The summed E-state index contributed by atoms with van der Waals surface area (Å²) in [5.41, 5.74) is 2.04. The van der Waals surface area contributed by atoms with Crippen molar-refractivity contribution in [1.29, 1.82) is 0 Å². The normalized spacial score (nSPS) is 10.8. The minimum absolute atomic E-state index is 0.758. The van der Waals surface area contributed by atoms with Crippen LogP contribution >= 0.6 is 0 Å². The lowest BCUT2D eigenvalue weighted by Gasteiger charge is -2.10. The van der Waals surface area contributed by atoms with Gasteiger partial charge in [-0.05, 0) is 19.3 Å². The van der Waals surface area contributed by atoms with Crippen LogP contribution in [-0.2, 0) is 13.0 Å². The topological polar surface area (TPSA) is 55.6 Å². The molecule has 0 unspecified atom stereocenters. The van der Waals surface area contributed by atoms with E-state index in [0.717, 1.165) is 55.4 Å². The number of anilines is 1. The highest BCUT2D eigenvalue weighted by Crippen LogP contribution is 2.18. The van der Waals surface area contributed by atoms with Gasteiger partial charge in [0.05, 0.1) is 12.5 Å². The summed E-state index contributed by atoms with van der Waals surface area (Å²) in [6, 6.07) is 2.03. The molecule has 0 saturated carbocycles. The molecule has 2 aromatic rings. The van der Waals surface area contributed by atoms with Crippen molar-refractivity contribution >= 4 is 5.82 Å². The van der Waals surface area contributed by atoms with Crippen molar-refractivity contribution in [1.82, 2.24) is 19.5 Å². The van der Waals surface area contributed by atoms with Gasteiger partial charge in [0.1, 0.15) is 11.5 Å². The van der Waals surface area contributed by atoms with Gasteiger partial charge in [0, 0.05) is 24.8 Å². The minimum atomic E-state index is 0.758. The van der Waals surface area contributed by atoms with E-state index < -0.39 is 0 Å². The average Bonchev–Trinajstić information content (AvgIpc) is 2.93. The molecule has 0 amide bonds. The average molecular weight is 273 g/mol. The molecule has 0 aliphatic heterocycles. The molecule has 20 heavy (non-hydrogen) atoms. The monoisotopic (exact) mass is 273 g/mol. The molecule has 108 valence electrons. The first-order chi connectivity index (χ1) is 9.78. The van der Waals surface area contributed by atoms with E-state index in [1.165, 1.54) is 0 Å². The number of nitrogens with zero attached hydrogens (tertiary/aromatic N) is 4. The van der Waals surface area contributed by atoms with Gasteiger partial charge in [0.25, 0.3) is 0 Å². The maximum Gasteiger partial charge on any atom is 0.180 e. The van der Waals surface area contributed by atoms with Gasteiger partial charge in [0.2, 0.25) is 0 Å². The largest absolute Gasteiger partial charge is 0.370 e. The molecule has 5 heteroatoms. The third-order valence-corrected chi connectivity index (χ3v) is 3.10. The predicted octanol–water partition coefficient (Wildman–Crippen LogP) is 3.13. The zero-order valence-electron chi connectivity index (χ0n) is 12.6. The van der Waals surface area contributed by atoms with Gasteiger partial charge in [-0.15, -0.1) is 0 Å². The number of aromatic nitrogens is 4. The third kappa shape index (κ3) is 3.35. The summed E-state index contributed by atoms with van der Waals surface area (Å²) >= 11 is 0. The Morgan fingerprint density at radius 2 is 2.00 bits per heavy atom. The quantitative estimate of drug-likeness (QED) is 0.842. The van der Waals surface area contributed by atoms with E-state index in [4.69, 9.17) is 0 Å². The fourth-order valence-corrected chi connectivity index (χ4v) is 2.06. The van der Waals surface area contributed by atoms with Crippen LogP contribution in [0.4, 0.5) is 5.82 Å². The van der Waals surface area contributed by atoms with Crippen molar-refractivity contribution in [2.75, 3.05) is 11.9 Å². The van der Waals surface area contributed by atoms with E-state index in [-0.39, 0.29) is 0 Å². The van der Waals surface area contributed by atoms with Crippen molar-refractivity contribution in [3.63, 3.8) is 0 Å². The minimum Gasteiger partial charge on any atom is -0.370 e. The van der Waals surface area contributed by atoms with Gasteiger partial charge in [-0.2, -0.15) is 0 Å².